The van der Waals surface area contributed by atoms with Gasteiger partial charge in [-0.05, 0) is 18.6 Å². The van der Waals surface area contributed by atoms with Gasteiger partial charge in [0.05, 0.1) is 5.56 Å². The first kappa shape index (κ1) is 14.5. The second-order valence-electron chi connectivity index (χ2n) is 3.61. The van der Waals surface area contributed by atoms with Crippen LogP contribution >= 0.6 is 0 Å². The SMILES string of the molecule is CC.O=C1CCC1Oc1ccccc1C(F)(F)F. The van der Waals surface area contributed by atoms with Gasteiger partial charge in [0.2, 0.25) is 0 Å². The molecular weight excluding hydrogens is 245 g/mol. The summed E-state index contributed by atoms with van der Waals surface area (Å²) in [4.78, 5) is 11.0. The molecule has 2 rings (SSSR count). The van der Waals surface area contributed by atoms with Crippen LogP contribution in [0.15, 0.2) is 24.3 Å². The van der Waals surface area contributed by atoms with E-state index in [1.807, 2.05) is 13.8 Å². The molecule has 100 valence electrons. The average Bonchev–Trinajstić information content (AvgIpc) is 2.36. The lowest BCUT2D eigenvalue weighted by Crippen LogP contribution is -2.37. The molecule has 1 aliphatic rings. The van der Waals surface area contributed by atoms with Crippen molar-refractivity contribution in [1.29, 1.82) is 0 Å². The summed E-state index contributed by atoms with van der Waals surface area (Å²) in [6, 6.07) is 4.92. The molecule has 1 unspecified atom stereocenters. The Morgan fingerprint density at radius 3 is 2.28 bits per heavy atom. The highest BCUT2D eigenvalue weighted by Gasteiger charge is 2.37. The lowest BCUT2D eigenvalue weighted by Gasteiger charge is -2.26. The number of benzene rings is 1. The maximum Gasteiger partial charge on any atom is 0.419 e. The molecule has 1 atom stereocenters. The molecular formula is C13H15F3O2. The largest absolute Gasteiger partial charge is 0.482 e. The van der Waals surface area contributed by atoms with Crippen molar-refractivity contribution < 1.29 is 22.7 Å². The van der Waals surface area contributed by atoms with E-state index in [1.54, 1.807) is 0 Å². The van der Waals surface area contributed by atoms with Crippen LogP contribution in [0.3, 0.4) is 0 Å². The van der Waals surface area contributed by atoms with E-state index in [1.165, 1.54) is 18.2 Å². The van der Waals surface area contributed by atoms with Crippen LogP contribution in [-0.4, -0.2) is 11.9 Å². The molecule has 2 nitrogen and oxygen atoms in total. The number of ether oxygens (including phenoxy) is 1. The third kappa shape index (κ3) is 3.24. The molecule has 0 N–H and O–H groups in total. The highest BCUT2D eigenvalue weighted by atomic mass is 19.4. The van der Waals surface area contributed by atoms with Gasteiger partial charge in [0, 0.05) is 6.42 Å². The Bertz CT molecular complexity index is 413. The van der Waals surface area contributed by atoms with Gasteiger partial charge in [0.15, 0.2) is 11.9 Å². The Kier molecular flexibility index (Phi) is 4.76. The molecule has 0 heterocycles. The summed E-state index contributed by atoms with van der Waals surface area (Å²) >= 11 is 0. The van der Waals surface area contributed by atoms with Crippen molar-refractivity contribution in [3.8, 4) is 5.75 Å². The van der Waals surface area contributed by atoms with Crippen LogP contribution < -0.4 is 4.74 Å². The molecule has 0 amide bonds. The summed E-state index contributed by atoms with van der Waals surface area (Å²) in [7, 11) is 0. The van der Waals surface area contributed by atoms with Crippen LogP contribution in [-0.2, 0) is 11.0 Å². The molecule has 18 heavy (non-hydrogen) atoms. The van der Waals surface area contributed by atoms with Crippen LogP contribution in [0.5, 0.6) is 5.75 Å². The number of carbonyl (C=O) groups excluding carboxylic acids is 1. The van der Waals surface area contributed by atoms with Crippen LogP contribution in [0.1, 0.15) is 32.3 Å². The molecule has 0 spiro atoms. The molecule has 1 fully saturated rings. The fourth-order valence-corrected chi connectivity index (χ4v) is 1.46. The molecule has 0 bridgehead atoms. The molecule has 0 radical (unpaired) electrons. The lowest BCUT2D eigenvalue weighted by molar-refractivity contribution is -0.142. The van der Waals surface area contributed by atoms with Crippen molar-refractivity contribution in [3.05, 3.63) is 29.8 Å². The number of Topliss-reactive ketones (excluding diaryl/α,β-unsaturated/α-hetero) is 1. The molecule has 5 heteroatoms. The third-order valence-corrected chi connectivity index (χ3v) is 2.47. The van der Waals surface area contributed by atoms with Gasteiger partial charge in [-0.2, -0.15) is 13.2 Å². The van der Waals surface area contributed by atoms with Gasteiger partial charge in [0.1, 0.15) is 5.75 Å². The van der Waals surface area contributed by atoms with E-state index >= 15 is 0 Å². The minimum atomic E-state index is -4.45. The van der Waals surface area contributed by atoms with Crippen LogP contribution in [0.2, 0.25) is 0 Å². The number of hydrogen-bond acceptors (Lipinski definition) is 2. The van der Waals surface area contributed by atoms with Crippen molar-refractivity contribution in [2.45, 2.75) is 39.0 Å². The number of para-hydroxylation sites is 1. The third-order valence-electron chi connectivity index (χ3n) is 2.47. The van der Waals surface area contributed by atoms with Gasteiger partial charge in [-0.15, -0.1) is 0 Å². The zero-order valence-electron chi connectivity index (χ0n) is 10.3. The predicted octanol–water partition coefficient (Wildman–Crippen LogP) is 3.84. The van der Waals surface area contributed by atoms with Crippen molar-refractivity contribution in [2.24, 2.45) is 0 Å². The second-order valence-corrected chi connectivity index (χ2v) is 3.61. The number of alkyl halides is 3. The first-order chi connectivity index (χ1) is 8.48. The Labute approximate surface area is 104 Å². The van der Waals surface area contributed by atoms with E-state index in [2.05, 4.69) is 0 Å². The normalized spacial score (nSPS) is 18.5. The second kappa shape index (κ2) is 5.89. The number of ketones is 1. The van der Waals surface area contributed by atoms with Crippen molar-refractivity contribution >= 4 is 5.78 Å². The summed E-state index contributed by atoms with van der Waals surface area (Å²) in [5.41, 5.74) is -0.838. The highest BCUT2D eigenvalue weighted by molar-refractivity contribution is 5.88. The molecule has 1 aromatic carbocycles. The van der Waals surface area contributed by atoms with Gasteiger partial charge in [-0.1, -0.05) is 26.0 Å². The number of halogens is 3. The summed E-state index contributed by atoms with van der Waals surface area (Å²) in [5, 5.41) is 0. The van der Waals surface area contributed by atoms with E-state index in [4.69, 9.17) is 4.74 Å². The quantitative estimate of drug-likeness (QED) is 0.807. The van der Waals surface area contributed by atoms with Gasteiger partial charge in [0.25, 0.3) is 0 Å². The minimum Gasteiger partial charge on any atom is -0.482 e. The fraction of sp³-hybridized carbons (Fsp3) is 0.462. The van der Waals surface area contributed by atoms with E-state index in [0.29, 0.717) is 12.8 Å². The van der Waals surface area contributed by atoms with E-state index in [-0.39, 0.29) is 11.5 Å². The zero-order valence-corrected chi connectivity index (χ0v) is 10.3. The summed E-state index contributed by atoms with van der Waals surface area (Å²) < 4.78 is 42.7. The summed E-state index contributed by atoms with van der Waals surface area (Å²) in [5.74, 6) is -0.412. The predicted molar refractivity (Wildman–Crippen MR) is 61.4 cm³/mol. The lowest BCUT2D eigenvalue weighted by atomic mass is 9.94. The van der Waals surface area contributed by atoms with Gasteiger partial charge < -0.3 is 4.74 Å². The first-order valence-corrected chi connectivity index (χ1v) is 5.84. The number of carbonyl (C=O) groups is 1. The molecule has 1 aromatic rings. The Morgan fingerprint density at radius 2 is 1.83 bits per heavy atom. The fourth-order valence-electron chi connectivity index (χ4n) is 1.46. The Morgan fingerprint density at radius 1 is 1.22 bits per heavy atom. The van der Waals surface area contributed by atoms with Crippen molar-refractivity contribution in [1.82, 2.24) is 0 Å². The van der Waals surface area contributed by atoms with E-state index < -0.39 is 17.8 Å². The average molecular weight is 260 g/mol. The summed E-state index contributed by atoms with van der Waals surface area (Å²) in [6.45, 7) is 4.00. The van der Waals surface area contributed by atoms with Crippen LogP contribution in [0.25, 0.3) is 0 Å². The van der Waals surface area contributed by atoms with Gasteiger partial charge in [-0.25, -0.2) is 0 Å². The van der Waals surface area contributed by atoms with Crippen LogP contribution in [0.4, 0.5) is 13.2 Å². The topological polar surface area (TPSA) is 26.3 Å². The number of rotatable bonds is 2. The van der Waals surface area contributed by atoms with Crippen molar-refractivity contribution in [2.75, 3.05) is 0 Å². The standard InChI is InChI=1S/C11H9F3O2.C2H6/c12-11(13,14)7-3-1-2-4-9(7)16-10-6-5-8(10)15;1-2/h1-4,10H,5-6H2;1-2H3. The smallest absolute Gasteiger partial charge is 0.419 e. The molecule has 0 aromatic heterocycles. The number of hydrogen-bond donors (Lipinski definition) is 0. The van der Waals surface area contributed by atoms with Gasteiger partial charge >= 0.3 is 6.18 Å². The Balaban J connectivity index is 0.000000771. The van der Waals surface area contributed by atoms with Crippen LogP contribution in [0, 0.1) is 0 Å². The molecule has 0 saturated heterocycles. The van der Waals surface area contributed by atoms with E-state index in [0.717, 1.165) is 6.07 Å². The monoisotopic (exact) mass is 260 g/mol. The summed E-state index contributed by atoms with van der Waals surface area (Å²) in [6.07, 6.45) is -4.28. The van der Waals surface area contributed by atoms with E-state index in [9.17, 15) is 18.0 Å². The zero-order chi connectivity index (χ0) is 13.8. The maximum absolute atomic E-state index is 12.6. The van der Waals surface area contributed by atoms with Gasteiger partial charge in [-0.3, -0.25) is 4.79 Å². The first-order valence-electron chi connectivity index (χ1n) is 5.84. The highest BCUT2D eigenvalue weighted by Crippen LogP contribution is 2.37. The maximum atomic E-state index is 12.6. The Hall–Kier alpha value is -1.52. The van der Waals surface area contributed by atoms with Crippen molar-refractivity contribution in [3.63, 3.8) is 0 Å². The molecule has 0 aliphatic heterocycles. The minimum absolute atomic E-state index is 0.142. The molecule has 1 saturated carbocycles. The molecule has 1 aliphatic carbocycles.